The summed E-state index contributed by atoms with van der Waals surface area (Å²) >= 11 is 1.67. The molecule has 7 nitrogen and oxygen atoms in total. The fourth-order valence-corrected chi connectivity index (χ4v) is 4.42. The molecule has 0 bridgehead atoms. The fraction of sp³-hybridized carbons (Fsp3) is 0.474. The van der Waals surface area contributed by atoms with Gasteiger partial charge in [0.25, 0.3) is 5.91 Å². The molecule has 2 N–H and O–H groups in total. The molecule has 3 aromatic rings. The van der Waals surface area contributed by atoms with Gasteiger partial charge in [-0.1, -0.05) is 19.1 Å². The first-order valence-corrected chi connectivity index (χ1v) is 10.2. The lowest BCUT2D eigenvalue weighted by atomic mass is 10.1. The number of nitrogens with one attached hydrogen (secondary N) is 2. The minimum Gasteiger partial charge on any atom is -0.320 e. The maximum Gasteiger partial charge on any atom is 0.278 e. The van der Waals surface area contributed by atoms with Gasteiger partial charge in [-0.05, 0) is 51.1 Å². The van der Waals surface area contributed by atoms with Crippen molar-refractivity contribution >= 4 is 45.6 Å². The summed E-state index contributed by atoms with van der Waals surface area (Å²) in [6.07, 6.45) is 2.01. The standard InChI is InChI=1S/C19H24N6OS.ClH/c1-11(2)19-22-15-5-4-13(10-16(15)27-19)21-18(26)17-12(3)25(24-23-17)14-6-8-20-9-7-14;/h4-5,10-11,14,20H,6-9H2,1-3H3,(H,21,26);1H. The lowest BCUT2D eigenvalue weighted by Crippen LogP contribution is -2.30. The second kappa shape index (κ2) is 8.55. The number of amides is 1. The molecule has 28 heavy (non-hydrogen) atoms. The van der Waals surface area contributed by atoms with Crippen LogP contribution >= 0.6 is 23.7 Å². The van der Waals surface area contributed by atoms with Crippen LogP contribution in [0.3, 0.4) is 0 Å². The van der Waals surface area contributed by atoms with Crippen LogP contribution in [-0.4, -0.2) is 39.0 Å². The topological polar surface area (TPSA) is 84.7 Å². The van der Waals surface area contributed by atoms with E-state index in [1.165, 1.54) is 0 Å². The number of rotatable bonds is 4. The summed E-state index contributed by atoms with van der Waals surface area (Å²) in [6.45, 7) is 8.12. The third-order valence-electron chi connectivity index (χ3n) is 4.95. The Kier molecular flexibility index (Phi) is 6.32. The van der Waals surface area contributed by atoms with Crippen LogP contribution in [0.15, 0.2) is 18.2 Å². The van der Waals surface area contributed by atoms with Crippen molar-refractivity contribution in [1.29, 1.82) is 0 Å². The number of aromatic nitrogens is 4. The zero-order valence-corrected chi connectivity index (χ0v) is 17.9. The van der Waals surface area contributed by atoms with E-state index in [0.717, 1.165) is 52.5 Å². The Balaban J connectivity index is 0.00000225. The van der Waals surface area contributed by atoms with Gasteiger partial charge in [0.15, 0.2) is 5.69 Å². The highest BCUT2D eigenvalue weighted by molar-refractivity contribution is 7.18. The Morgan fingerprint density at radius 2 is 2.07 bits per heavy atom. The Morgan fingerprint density at radius 1 is 1.32 bits per heavy atom. The minimum atomic E-state index is -0.222. The molecule has 0 spiro atoms. The van der Waals surface area contributed by atoms with Gasteiger partial charge < -0.3 is 10.6 Å². The number of thiazole rings is 1. The van der Waals surface area contributed by atoms with Gasteiger partial charge in [0.1, 0.15) is 0 Å². The smallest absolute Gasteiger partial charge is 0.278 e. The summed E-state index contributed by atoms with van der Waals surface area (Å²) in [5.74, 6) is 0.175. The van der Waals surface area contributed by atoms with E-state index in [9.17, 15) is 4.79 Å². The molecule has 0 atom stereocenters. The van der Waals surface area contributed by atoms with E-state index in [1.54, 1.807) is 11.3 Å². The molecular formula is C19H25ClN6OS. The molecule has 1 aliphatic rings. The predicted molar refractivity (Wildman–Crippen MR) is 115 cm³/mol. The van der Waals surface area contributed by atoms with Crippen molar-refractivity contribution in [3.8, 4) is 0 Å². The fourth-order valence-electron chi connectivity index (χ4n) is 3.41. The summed E-state index contributed by atoms with van der Waals surface area (Å²) < 4.78 is 2.98. The average Bonchev–Trinajstić information content (AvgIpc) is 3.25. The molecule has 1 aliphatic heterocycles. The molecular weight excluding hydrogens is 396 g/mol. The Hall–Kier alpha value is -2.03. The van der Waals surface area contributed by atoms with Crippen LogP contribution in [0.2, 0.25) is 0 Å². The molecule has 0 aliphatic carbocycles. The van der Waals surface area contributed by atoms with Crippen molar-refractivity contribution in [3.63, 3.8) is 0 Å². The Morgan fingerprint density at radius 3 is 2.79 bits per heavy atom. The van der Waals surface area contributed by atoms with Crippen molar-refractivity contribution in [2.75, 3.05) is 18.4 Å². The van der Waals surface area contributed by atoms with Crippen LogP contribution in [0.4, 0.5) is 5.69 Å². The number of nitrogens with zero attached hydrogens (tertiary/aromatic N) is 4. The number of anilines is 1. The Bertz CT molecular complexity index is 976. The quantitative estimate of drug-likeness (QED) is 0.668. The monoisotopic (exact) mass is 420 g/mol. The number of hydrogen-bond donors (Lipinski definition) is 2. The maximum absolute atomic E-state index is 12.7. The zero-order chi connectivity index (χ0) is 19.0. The molecule has 3 heterocycles. The largest absolute Gasteiger partial charge is 0.320 e. The van der Waals surface area contributed by atoms with Gasteiger partial charge in [0.05, 0.1) is 27.0 Å². The minimum absolute atomic E-state index is 0. The first kappa shape index (κ1) is 20.7. The van der Waals surface area contributed by atoms with Crippen molar-refractivity contribution in [3.05, 3.63) is 34.6 Å². The molecule has 2 aromatic heterocycles. The normalized spacial score (nSPS) is 15.0. The van der Waals surface area contributed by atoms with Gasteiger partial charge in [0.2, 0.25) is 0 Å². The van der Waals surface area contributed by atoms with Gasteiger partial charge >= 0.3 is 0 Å². The number of piperidine rings is 1. The number of fused-ring (bicyclic) bond motifs is 1. The molecule has 150 valence electrons. The van der Waals surface area contributed by atoms with Crippen LogP contribution < -0.4 is 10.6 Å². The molecule has 1 amide bonds. The average molecular weight is 421 g/mol. The van der Waals surface area contributed by atoms with Gasteiger partial charge in [-0.2, -0.15) is 0 Å². The number of hydrogen-bond acceptors (Lipinski definition) is 6. The van der Waals surface area contributed by atoms with Crippen LogP contribution in [-0.2, 0) is 0 Å². The van der Waals surface area contributed by atoms with E-state index in [4.69, 9.17) is 0 Å². The van der Waals surface area contributed by atoms with E-state index in [2.05, 4.69) is 39.8 Å². The van der Waals surface area contributed by atoms with E-state index >= 15 is 0 Å². The summed E-state index contributed by atoms with van der Waals surface area (Å²) in [4.78, 5) is 17.4. The molecule has 0 saturated carbocycles. The number of benzene rings is 1. The molecule has 4 rings (SSSR count). The number of carbonyl (C=O) groups is 1. The van der Waals surface area contributed by atoms with Crippen molar-refractivity contribution < 1.29 is 4.79 Å². The summed E-state index contributed by atoms with van der Waals surface area (Å²) in [5.41, 5.74) is 2.93. The summed E-state index contributed by atoms with van der Waals surface area (Å²) in [5, 5.41) is 15.8. The second-order valence-electron chi connectivity index (χ2n) is 7.29. The van der Waals surface area contributed by atoms with Crippen molar-refractivity contribution in [1.82, 2.24) is 25.3 Å². The van der Waals surface area contributed by atoms with E-state index < -0.39 is 0 Å². The third kappa shape index (κ3) is 4.04. The molecule has 1 aromatic carbocycles. The van der Waals surface area contributed by atoms with Crippen molar-refractivity contribution in [2.45, 2.75) is 45.6 Å². The Labute approximate surface area is 174 Å². The second-order valence-corrected chi connectivity index (χ2v) is 8.35. The molecule has 9 heteroatoms. The van der Waals surface area contributed by atoms with Crippen molar-refractivity contribution in [2.24, 2.45) is 0 Å². The maximum atomic E-state index is 12.7. The molecule has 1 saturated heterocycles. The molecule has 0 unspecified atom stereocenters. The summed E-state index contributed by atoms with van der Waals surface area (Å²) in [7, 11) is 0. The van der Waals surface area contributed by atoms with E-state index in [1.807, 2.05) is 29.8 Å². The lowest BCUT2D eigenvalue weighted by molar-refractivity contribution is 0.102. The summed E-state index contributed by atoms with van der Waals surface area (Å²) in [6, 6.07) is 6.12. The predicted octanol–water partition coefficient (Wildman–Crippen LogP) is 3.92. The van der Waals surface area contributed by atoms with Gasteiger partial charge in [-0.3, -0.25) is 4.79 Å². The zero-order valence-electron chi connectivity index (χ0n) is 16.2. The van der Waals surface area contributed by atoms with Crippen LogP contribution in [0.1, 0.15) is 59.8 Å². The SMILES string of the molecule is Cc1c(C(=O)Nc2ccc3nc(C(C)C)sc3c2)nnn1C1CCNCC1.Cl. The third-order valence-corrected chi connectivity index (χ3v) is 6.27. The number of carbonyl (C=O) groups excluding carboxylic acids is 1. The van der Waals surface area contributed by atoms with Gasteiger partial charge in [-0.25, -0.2) is 9.67 Å². The van der Waals surface area contributed by atoms with Gasteiger partial charge in [0, 0.05) is 11.6 Å². The number of halogens is 1. The highest BCUT2D eigenvalue weighted by Gasteiger charge is 2.23. The molecule has 1 fully saturated rings. The van der Waals surface area contributed by atoms with E-state index in [0.29, 0.717) is 17.7 Å². The lowest BCUT2D eigenvalue weighted by Gasteiger charge is -2.23. The van der Waals surface area contributed by atoms with Gasteiger partial charge in [-0.15, -0.1) is 28.8 Å². The first-order valence-electron chi connectivity index (χ1n) is 9.37. The van der Waals surface area contributed by atoms with Crippen LogP contribution in [0.5, 0.6) is 0 Å². The van der Waals surface area contributed by atoms with Crippen LogP contribution in [0.25, 0.3) is 10.2 Å². The highest BCUT2D eigenvalue weighted by atomic mass is 35.5. The molecule has 0 radical (unpaired) electrons. The first-order chi connectivity index (χ1) is 13.0. The van der Waals surface area contributed by atoms with Crippen LogP contribution in [0, 0.1) is 6.92 Å². The van der Waals surface area contributed by atoms with E-state index in [-0.39, 0.29) is 18.3 Å². The highest BCUT2D eigenvalue weighted by Crippen LogP contribution is 2.29.